The number of carbonyl (C=O) groups is 1. The number of hydrogen-bond acceptors (Lipinski definition) is 6. The summed E-state index contributed by atoms with van der Waals surface area (Å²) in [6.07, 6.45) is 2.90. The van der Waals surface area contributed by atoms with Gasteiger partial charge in [0, 0.05) is 6.08 Å². The average molecular weight is 290 g/mol. The van der Waals surface area contributed by atoms with Crippen LogP contribution in [-0.4, -0.2) is 15.9 Å². The van der Waals surface area contributed by atoms with E-state index in [0.717, 1.165) is 5.56 Å². The Bertz CT molecular complexity index is 814. The van der Waals surface area contributed by atoms with Crippen LogP contribution in [0, 0.1) is 22.7 Å². The molecule has 2 rings (SSSR count). The maximum Gasteiger partial charge on any atom is 0.249 e. The first-order valence-electron chi connectivity index (χ1n) is 6.16. The highest BCUT2D eigenvalue weighted by Gasteiger charge is 2.12. The zero-order chi connectivity index (χ0) is 15.9. The number of nitrogens with one attached hydrogen (secondary N) is 1. The molecule has 7 nitrogen and oxygen atoms in total. The molecule has 0 aliphatic carbocycles. The van der Waals surface area contributed by atoms with Gasteiger partial charge in [-0.25, -0.2) is 9.97 Å². The molecule has 0 fully saturated rings. The number of anilines is 2. The van der Waals surface area contributed by atoms with Crippen molar-refractivity contribution in [1.82, 2.24) is 9.97 Å². The summed E-state index contributed by atoms with van der Waals surface area (Å²) in [6, 6.07) is 12.7. The molecule has 7 heteroatoms. The summed E-state index contributed by atoms with van der Waals surface area (Å²) >= 11 is 0. The van der Waals surface area contributed by atoms with Crippen LogP contribution < -0.4 is 11.1 Å². The Hall–Kier alpha value is -3.71. The van der Waals surface area contributed by atoms with Crippen molar-refractivity contribution in [2.75, 3.05) is 11.1 Å². The predicted molar refractivity (Wildman–Crippen MR) is 80.0 cm³/mol. The highest BCUT2D eigenvalue weighted by Crippen LogP contribution is 2.14. The third-order valence-corrected chi connectivity index (χ3v) is 2.60. The smallest absolute Gasteiger partial charge is 0.249 e. The van der Waals surface area contributed by atoms with Gasteiger partial charge in [0.25, 0.3) is 0 Å². The van der Waals surface area contributed by atoms with Crippen LogP contribution in [0.2, 0.25) is 0 Å². The molecule has 0 spiro atoms. The van der Waals surface area contributed by atoms with Crippen LogP contribution in [0.5, 0.6) is 0 Å². The fraction of sp³-hybridized carbons (Fsp3) is 0. The van der Waals surface area contributed by atoms with Crippen molar-refractivity contribution in [1.29, 1.82) is 10.5 Å². The first-order chi connectivity index (χ1) is 10.6. The molecule has 0 radical (unpaired) electrons. The SMILES string of the molecule is N#Cc1nc(NC(=O)/C=C/c2ccccc2)c(C#N)nc1N. The molecule has 0 aliphatic heterocycles. The molecule has 1 heterocycles. The van der Waals surface area contributed by atoms with Gasteiger partial charge in [-0.05, 0) is 11.6 Å². The van der Waals surface area contributed by atoms with Crippen LogP contribution in [0.3, 0.4) is 0 Å². The lowest BCUT2D eigenvalue weighted by molar-refractivity contribution is -0.111. The number of rotatable bonds is 3. The molecule has 0 aliphatic rings. The predicted octanol–water partition coefficient (Wildman–Crippen LogP) is 1.45. The summed E-state index contributed by atoms with van der Waals surface area (Å²) in [5.41, 5.74) is 6.01. The number of aromatic nitrogens is 2. The van der Waals surface area contributed by atoms with Crippen LogP contribution in [0.4, 0.5) is 11.6 Å². The van der Waals surface area contributed by atoms with Crippen LogP contribution in [0.25, 0.3) is 6.08 Å². The van der Waals surface area contributed by atoms with Crippen molar-refractivity contribution in [2.45, 2.75) is 0 Å². The van der Waals surface area contributed by atoms with E-state index in [1.54, 1.807) is 18.2 Å². The molecular formula is C15H10N6O. The normalized spacial score (nSPS) is 9.91. The van der Waals surface area contributed by atoms with Crippen molar-refractivity contribution in [3.63, 3.8) is 0 Å². The number of carbonyl (C=O) groups excluding carboxylic acids is 1. The molecule has 0 bridgehead atoms. The zero-order valence-corrected chi connectivity index (χ0v) is 11.3. The van der Waals surface area contributed by atoms with Gasteiger partial charge < -0.3 is 11.1 Å². The van der Waals surface area contributed by atoms with E-state index in [1.165, 1.54) is 6.08 Å². The molecule has 3 N–H and O–H groups in total. The number of nitriles is 2. The van der Waals surface area contributed by atoms with Crippen LogP contribution in [0.1, 0.15) is 17.0 Å². The van der Waals surface area contributed by atoms with Crippen LogP contribution in [-0.2, 0) is 4.79 Å². The lowest BCUT2D eigenvalue weighted by Crippen LogP contribution is -2.13. The minimum Gasteiger partial charge on any atom is -0.381 e. The molecule has 1 amide bonds. The molecule has 22 heavy (non-hydrogen) atoms. The van der Waals surface area contributed by atoms with Crippen molar-refractivity contribution in [3.05, 3.63) is 53.4 Å². The maximum absolute atomic E-state index is 11.8. The molecular weight excluding hydrogens is 280 g/mol. The maximum atomic E-state index is 11.8. The summed E-state index contributed by atoms with van der Waals surface area (Å²) in [6.45, 7) is 0. The van der Waals surface area contributed by atoms with E-state index in [4.69, 9.17) is 16.3 Å². The number of hydrogen-bond donors (Lipinski definition) is 2. The number of nitrogen functional groups attached to an aromatic ring is 1. The molecule has 1 aromatic carbocycles. The van der Waals surface area contributed by atoms with E-state index >= 15 is 0 Å². The first-order valence-corrected chi connectivity index (χ1v) is 6.16. The van der Waals surface area contributed by atoms with Gasteiger partial charge in [0.15, 0.2) is 23.0 Å². The zero-order valence-electron chi connectivity index (χ0n) is 11.3. The Morgan fingerprint density at radius 2 is 1.82 bits per heavy atom. The summed E-state index contributed by atoms with van der Waals surface area (Å²) < 4.78 is 0. The standard InChI is InChI=1S/C15H10N6O/c16-8-11-14(18)19-12(9-17)15(20-11)21-13(22)7-6-10-4-2-1-3-5-10/h1-7H,(H2,18,19)(H,20,21,22)/b7-6+. The van der Waals surface area contributed by atoms with Gasteiger partial charge in [-0.1, -0.05) is 30.3 Å². The van der Waals surface area contributed by atoms with Gasteiger partial charge >= 0.3 is 0 Å². The lowest BCUT2D eigenvalue weighted by Gasteiger charge is -2.04. The third kappa shape index (κ3) is 3.44. The van der Waals surface area contributed by atoms with Crippen molar-refractivity contribution < 1.29 is 4.79 Å². The summed E-state index contributed by atoms with van der Waals surface area (Å²) in [7, 11) is 0. The molecule has 106 valence electrons. The fourth-order valence-electron chi connectivity index (χ4n) is 1.59. The molecule has 0 saturated heterocycles. The second kappa shape index (κ2) is 6.64. The van der Waals surface area contributed by atoms with Gasteiger partial charge in [-0.3, -0.25) is 4.79 Å². The Labute approximate surface area is 126 Å². The number of amides is 1. The quantitative estimate of drug-likeness (QED) is 0.823. The van der Waals surface area contributed by atoms with Crippen LogP contribution in [0.15, 0.2) is 36.4 Å². The van der Waals surface area contributed by atoms with Crippen molar-refractivity contribution >= 4 is 23.6 Å². The summed E-state index contributed by atoms with van der Waals surface area (Å²) in [5.74, 6) is -0.754. The van der Waals surface area contributed by atoms with Gasteiger partial charge in [-0.2, -0.15) is 10.5 Å². The van der Waals surface area contributed by atoms with E-state index < -0.39 is 5.91 Å². The van der Waals surface area contributed by atoms with Crippen molar-refractivity contribution in [2.24, 2.45) is 0 Å². The van der Waals surface area contributed by atoms with Gasteiger partial charge in [0.1, 0.15) is 12.1 Å². The highest BCUT2D eigenvalue weighted by molar-refractivity contribution is 6.01. The Balaban J connectivity index is 2.20. The number of nitrogens with zero attached hydrogens (tertiary/aromatic N) is 4. The topological polar surface area (TPSA) is 128 Å². The first kappa shape index (κ1) is 14.7. The molecule has 0 saturated carbocycles. The van der Waals surface area contributed by atoms with Gasteiger partial charge in [-0.15, -0.1) is 0 Å². The van der Waals surface area contributed by atoms with E-state index in [0.29, 0.717) is 0 Å². The monoisotopic (exact) mass is 290 g/mol. The highest BCUT2D eigenvalue weighted by atomic mass is 16.1. The Morgan fingerprint density at radius 1 is 1.14 bits per heavy atom. The number of nitrogens with two attached hydrogens (primary N) is 1. The van der Waals surface area contributed by atoms with E-state index in [9.17, 15) is 4.79 Å². The van der Waals surface area contributed by atoms with Crippen molar-refractivity contribution in [3.8, 4) is 12.1 Å². The van der Waals surface area contributed by atoms with Gasteiger partial charge in [0.2, 0.25) is 5.91 Å². The molecule has 0 atom stereocenters. The Kier molecular flexibility index (Phi) is 4.43. The molecule has 0 unspecified atom stereocenters. The van der Waals surface area contributed by atoms with Crippen LogP contribution >= 0.6 is 0 Å². The average Bonchev–Trinajstić information content (AvgIpc) is 2.55. The molecule has 1 aromatic heterocycles. The lowest BCUT2D eigenvalue weighted by atomic mass is 10.2. The van der Waals surface area contributed by atoms with E-state index in [-0.39, 0.29) is 23.0 Å². The summed E-state index contributed by atoms with van der Waals surface area (Å²) in [4.78, 5) is 19.4. The summed E-state index contributed by atoms with van der Waals surface area (Å²) in [5, 5.41) is 20.2. The second-order valence-corrected chi connectivity index (χ2v) is 4.11. The minimum atomic E-state index is -0.497. The Morgan fingerprint density at radius 3 is 2.45 bits per heavy atom. The number of benzene rings is 1. The van der Waals surface area contributed by atoms with Gasteiger partial charge in [0.05, 0.1) is 0 Å². The fourth-order valence-corrected chi connectivity index (χ4v) is 1.59. The third-order valence-electron chi connectivity index (χ3n) is 2.60. The second-order valence-electron chi connectivity index (χ2n) is 4.11. The largest absolute Gasteiger partial charge is 0.381 e. The minimum absolute atomic E-state index is 0.101. The van der Waals surface area contributed by atoms with E-state index in [1.807, 2.05) is 30.3 Å². The van der Waals surface area contributed by atoms with E-state index in [2.05, 4.69) is 15.3 Å². The molecule has 2 aromatic rings.